The zero-order valence-electron chi connectivity index (χ0n) is 18.2. The van der Waals surface area contributed by atoms with Crippen LogP contribution in [-0.2, 0) is 23.1 Å². The molecule has 10 heteroatoms. The van der Waals surface area contributed by atoms with Crippen molar-refractivity contribution in [2.24, 2.45) is 5.73 Å². The van der Waals surface area contributed by atoms with Crippen molar-refractivity contribution in [1.82, 2.24) is 9.38 Å². The molecule has 0 aliphatic carbocycles. The van der Waals surface area contributed by atoms with Gasteiger partial charge in [-0.3, -0.25) is 9.35 Å². The Morgan fingerprint density at radius 2 is 1.90 bits per heavy atom. The van der Waals surface area contributed by atoms with E-state index >= 15 is 0 Å². The lowest BCUT2D eigenvalue weighted by atomic mass is 9.99. The molecule has 0 radical (unpaired) electrons. The van der Waals surface area contributed by atoms with Gasteiger partial charge in [0.2, 0.25) is 0 Å². The molecule has 0 saturated heterocycles. The zero-order chi connectivity index (χ0) is 23.5. The smallest absolute Gasteiger partial charge is 0.261 e. The Bertz CT molecular complexity index is 1230. The summed E-state index contributed by atoms with van der Waals surface area (Å²) in [7, 11) is -3.67. The number of aryl methyl sites for hydroxylation is 4. The first-order valence-electron chi connectivity index (χ1n) is 9.55. The van der Waals surface area contributed by atoms with E-state index in [1.165, 1.54) is 6.07 Å². The van der Waals surface area contributed by atoms with E-state index in [2.05, 4.69) is 10.3 Å². The molecule has 0 aliphatic rings. The summed E-state index contributed by atoms with van der Waals surface area (Å²) in [6, 6.07) is 4.78. The molecule has 0 spiro atoms. The van der Waals surface area contributed by atoms with Gasteiger partial charge in [0, 0.05) is 18.4 Å². The third-order valence-electron chi connectivity index (χ3n) is 4.89. The minimum atomic E-state index is -3.67. The molecular weight excluding hydrogens is 423 g/mol. The summed E-state index contributed by atoms with van der Waals surface area (Å²) < 4.78 is 41.5. The standard InChI is InChI=1S/C20H23FN4O.CH4O3S/c1-5-14-9-15(21)8-11(2)17(14)10-23-18-16(19(22)26)6-7-25-13(4)12(3)24-20(18)25;1-5(2,3)4/h6-9,23H,5,10H2,1-4H3,(H2,22,26);1H3,(H,2,3,4). The van der Waals surface area contributed by atoms with Gasteiger partial charge >= 0.3 is 0 Å². The number of carbonyl (C=O) groups is 1. The molecule has 4 N–H and O–H groups in total. The summed E-state index contributed by atoms with van der Waals surface area (Å²) in [5, 5.41) is 3.32. The minimum absolute atomic E-state index is 0.234. The summed E-state index contributed by atoms with van der Waals surface area (Å²) in [6.07, 6.45) is 3.24. The van der Waals surface area contributed by atoms with Crippen molar-refractivity contribution in [3.05, 3.63) is 63.9 Å². The van der Waals surface area contributed by atoms with E-state index in [4.69, 9.17) is 10.3 Å². The Kier molecular flexibility index (Phi) is 7.40. The van der Waals surface area contributed by atoms with Gasteiger partial charge in [-0.25, -0.2) is 9.37 Å². The Labute approximate surface area is 181 Å². The van der Waals surface area contributed by atoms with E-state index in [9.17, 15) is 17.6 Å². The molecule has 2 heterocycles. The summed E-state index contributed by atoms with van der Waals surface area (Å²) in [6.45, 7) is 8.24. The number of carbonyl (C=O) groups excluding carboxylic acids is 1. The SMILES string of the molecule is CCc1cc(F)cc(C)c1CNc1c(C(N)=O)ccn2c(C)c(C)nc12.CS(=O)(=O)O. The number of hydrogen-bond acceptors (Lipinski definition) is 5. The van der Waals surface area contributed by atoms with Gasteiger partial charge in [-0.2, -0.15) is 8.42 Å². The molecule has 3 aromatic rings. The minimum Gasteiger partial charge on any atom is -0.377 e. The van der Waals surface area contributed by atoms with Crippen molar-refractivity contribution in [1.29, 1.82) is 0 Å². The van der Waals surface area contributed by atoms with Crippen molar-refractivity contribution in [3.63, 3.8) is 0 Å². The van der Waals surface area contributed by atoms with Crippen LogP contribution < -0.4 is 11.1 Å². The molecule has 8 nitrogen and oxygen atoms in total. The summed E-state index contributed by atoms with van der Waals surface area (Å²) in [5.41, 5.74) is 11.9. The third-order valence-corrected chi connectivity index (χ3v) is 4.89. The second-order valence-corrected chi connectivity index (χ2v) is 8.71. The van der Waals surface area contributed by atoms with E-state index < -0.39 is 16.0 Å². The van der Waals surface area contributed by atoms with Crippen LogP contribution in [0.15, 0.2) is 24.4 Å². The maximum Gasteiger partial charge on any atom is 0.261 e. The molecule has 0 bridgehead atoms. The molecular formula is C21H27FN4O4S. The van der Waals surface area contributed by atoms with Crippen LogP contribution in [0.5, 0.6) is 0 Å². The number of fused-ring (bicyclic) bond motifs is 1. The fourth-order valence-corrected chi connectivity index (χ4v) is 3.31. The predicted molar refractivity (Wildman–Crippen MR) is 118 cm³/mol. The molecule has 0 aliphatic heterocycles. The summed E-state index contributed by atoms with van der Waals surface area (Å²) >= 11 is 0. The van der Waals surface area contributed by atoms with E-state index in [-0.39, 0.29) is 5.82 Å². The summed E-state index contributed by atoms with van der Waals surface area (Å²) in [4.78, 5) is 16.5. The second kappa shape index (κ2) is 9.44. The number of anilines is 1. The van der Waals surface area contributed by atoms with Gasteiger partial charge < -0.3 is 15.5 Å². The molecule has 1 aromatic carbocycles. The Balaban J connectivity index is 0.000000614. The van der Waals surface area contributed by atoms with Crippen LogP contribution in [-0.4, -0.2) is 34.5 Å². The van der Waals surface area contributed by atoms with Gasteiger partial charge in [-0.05, 0) is 62.1 Å². The first-order valence-corrected chi connectivity index (χ1v) is 11.4. The predicted octanol–water partition coefficient (Wildman–Crippen LogP) is 3.18. The van der Waals surface area contributed by atoms with Gasteiger partial charge in [-0.15, -0.1) is 0 Å². The van der Waals surface area contributed by atoms with E-state index in [1.807, 2.05) is 32.1 Å². The average molecular weight is 451 g/mol. The average Bonchev–Trinajstić information content (AvgIpc) is 2.93. The maximum absolute atomic E-state index is 13.7. The number of hydrogen-bond donors (Lipinski definition) is 3. The van der Waals surface area contributed by atoms with Crippen molar-refractivity contribution in [2.45, 2.75) is 40.7 Å². The molecule has 0 fully saturated rings. The Morgan fingerprint density at radius 1 is 1.29 bits per heavy atom. The first kappa shape index (κ1) is 24.3. The lowest BCUT2D eigenvalue weighted by molar-refractivity contribution is 0.100. The zero-order valence-corrected chi connectivity index (χ0v) is 19.0. The number of imidazole rings is 1. The van der Waals surface area contributed by atoms with Gasteiger partial charge in [0.25, 0.3) is 16.0 Å². The van der Waals surface area contributed by atoms with Gasteiger partial charge in [0.1, 0.15) is 5.82 Å². The van der Waals surface area contributed by atoms with Crippen molar-refractivity contribution in [3.8, 4) is 0 Å². The van der Waals surface area contributed by atoms with Crippen LogP contribution in [0, 0.1) is 26.6 Å². The number of nitrogens with two attached hydrogens (primary N) is 1. The highest BCUT2D eigenvalue weighted by atomic mass is 32.2. The van der Waals surface area contributed by atoms with Gasteiger partial charge in [-0.1, -0.05) is 6.92 Å². The number of rotatable bonds is 5. The van der Waals surface area contributed by atoms with E-state index in [0.29, 0.717) is 29.7 Å². The fourth-order valence-electron chi connectivity index (χ4n) is 3.31. The van der Waals surface area contributed by atoms with Crippen LogP contribution in [0.25, 0.3) is 5.65 Å². The molecule has 0 atom stereocenters. The number of nitrogens with one attached hydrogen (secondary N) is 1. The molecule has 0 saturated carbocycles. The number of pyridine rings is 1. The van der Waals surface area contributed by atoms with Crippen molar-refractivity contribution in [2.75, 3.05) is 11.6 Å². The monoisotopic (exact) mass is 450 g/mol. The van der Waals surface area contributed by atoms with Crippen LogP contribution in [0.4, 0.5) is 10.1 Å². The highest BCUT2D eigenvalue weighted by Crippen LogP contribution is 2.26. The number of amides is 1. The molecule has 1 amide bonds. The summed E-state index contributed by atoms with van der Waals surface area (Å²) in [5.74, 6) is -0.748. The lowest BCUT2D eigenvalue weighted by Crippen LogP contribution is -2.16. The highest BCUT2D eigenvalue weighted by Gasteiger charge is 2.17. The molecule has 3 rings (SSSR count). The second-order valence-electron chi connectivity index (χ2n) is 7.25. The van der Waals surface area contributed by atoms with Crippen LogP contribution in [0.3, 0.4) is 0 Å². The molecule has 168 valence electrons. The Morgan fingerprint density at radius 3 is 2.45 bits per heavy atom. The van der Waals surface area contributed by atoms with Crippen molar-refractivity contribution < 1.29 is 22.2 Å². The number of nitrogens with zero attached hydrogens (tertiary/aromatic N) is 2. The number of halogens is 1. The van der Waals surface area contributed by atoms with Gasteiger partial charge in [0.15, 0.2) is 5.65 Å². The molecule has 0 unspecified atom stereocenters. The quantitative estimate of drug-likeness (QED) is 0.513. The third kappa shape index (κ3) is 6.02. The lowest BCUT2D eigenvalue weighted by Gasteiger charge is -2.16. The van der Waals surface area contributed by atoms with Crippen molar-refractivity contribution >= 4 is 27.4 Å². The van der Waals surface area contributed by atoms with E-state index in [1.54, 1.807) is 18.3 Å². The number of benzene rings is 1. The topological polar surface area (TPSA) is 127 Å². The van der Waals surface area contributed by atoms with Crippen LogP contribution in [0.1, 0.15) is 45.4 Å². The maximum atomic E-state index is 13.7. The highest BCUT2D eigenvalue weighted by molar-refractivity contribution is 7.85. The number of primary amides is 1. The van der Waals surface area contributed by atoms with Crippen LogP contribution in [0.2, 0.25) is 0 Å². The van der Waals surface area contributed by atoms with E-state index in [0.717, 1.165) is 34.5 Å². The fraction of sp³-hybridized carbons (Fsp3) is 0.333. The Hall–Kier alpha value is -2.98. The molecule has 31 heavy (non-hydrogen) atoms. The number of aromatic nitrogens is 2. The normalized spacial score (nSPS) is 11.2. The largest absolute Gasteiger partial charge is 0.377 e. The molecule has 2 aromatic heterocycles. The van der Waals surface area contributed by atoms with Gasteiger partial charge in [0.05, 0.1) is 23.2 Å². The van der Waals surface area contributed by atoms with Crippen LogP contribution >= 0.6 is 0 Å². The first-order chi connectivity index (χ1) is 14.3.